The maximum Gasteiger partial charge on any atom is 0.193 e. The van der Waals surface area contributed by atoms with Crippen molar-refractivity contribution in [3.8, 4) is 0 Å². The molecular formula is C18H25N5S. The number of aliphatic imine (C=N–C) groups is 1. The van der Waals surface area contributed by atoms with Crippen LogP contribution in [-0.4, -0.2) is 30.6 Å². The van der Waals surface area contributed by atoms with Gasteiger partial charge >= 0.3 is 0 Å². The quantitative estimate of drug-likeness (QED) is 0.645. The van der Waals surface area contributed by atoms with Crippen molar-refractivity contribution in [1.82, 2.24) is 4.98 Å². The van der Waals surface area contributed by atoms with Crippen molar-refractivity contribution in [3.63, 3.8) is 0 Å². The van der Waals surface area contributed by atoms with Gasteiger partial charge in [0.2, 0.25) is 0 Å². The predicted octanol–water partition coefficient (Wildman–Crippen LogP) is 3.33. The first kappa shape index (κ1) is 16.8. The minimum atomic E-state index is 0.452. The third kappa shape index (κ3) is 4.26. The summed E-state index contributed by atoms with van der Waals surface area (Å²) >= 11 is 1.73. The monoisotopic (exact) mass is 343 g/mol. The summed E-state index contributed by atoms with van der Waals surface area (Å²) < 4.78 is 0. The second kappa shape index (κ2) is 7.66. The molecule has 2 aromatic rings. The van der Waals surface area contributed by atoms with Gasteiger partial charge in [-0.25, -0.2) is 4.98 Å². The molecule has 0 amide bonds. The molecule has 3 rings (SSSR count). The molecule has 0 aliphatic carbocycles. The number of aromatic nitrogens is 1. The second-order valence-electron chi connectivity index (χ2n) is 6.26. The molecule has 1 saturated heterocycles. The van der Waals surface area contributed by atoms with Crippen LogP contribution in [0.4, 0.5) is 10.8 Å². The van der Waals surface area contributed by atoms with Crippen molar-refractivity contribution in [2.45, 2.75) is 33.1 Å². The number of anilines is 2. The van der Waals surface area contributed by atoms with Gasteiger partial charge in [0.15, 0.2) is 11.1 Å². The Morgan fingerprint density at radius 3 is 2.83 bits per heavy atom. The lowest BCUT2D eigenvalue weighted by Gasteiger charge is -2.12. The van der Waals surface area contributed by atoms with Crippen LogP contribution in [0.2, 0.25) is 0 Å². The molecule has 0 spiro atoms. The first-order valence-electron chi connectivity index (χ1n) is 8.45. The molecule has 5 nitrogen and oxygen atoms in total. The van der Waals surface area contributed by atoms with E-state index in [1.807, 2.05) is 6.07 Å². The molecule has 3 N–H and O–H groups in total. The molecule has 128 valence electrons. The van der Waals surface area contributed by atoms with Crippen LogP contribution in [0, 0.1) is 13.8 Å². The Morgan fingerprint density at radius 1 is 1.29 bits per heavy atom. The van der Waals surface area contributed by atoms with Gasteiger partial charge in [0.1, 0.15) is 0 Å². The number of hydrogen-bond acceptors (Lipinski definition) is 4. The van der Waals surface area contributed by atoms with E-state index in [4.69, 9.17) is 10.7 Å². The lowest BCUT2D eigenvalue weighted by Crippen LogP contribution is -2.23. The standard InChI is InChI=1S/C18H25N5S/c1-13-5-6-15(11-14(13)2)21-17(19)20-8-7-16-12-24-18(22-16)23-9-3-4-10-23/h5-6,11-12H,3-4,7-10H2,1-2H3,(H3,19,20,21). The molecule has 0 bridgehead atoms. The Labute approximate surface area is 147 Å². The summed E-state index contributed by atoms with van der Waals surface area (Å²) in [5, 5.41) is 6.43. The average molecular weight is 344 g/mol. The fourth-order valence-corrected chi connectivity index (χ4v) is 3.68. The van der Waals surface area contributed by atoms with Crippen LogP contribution in [0.1, 0.15) is 29.7 Å². The summed E-state index contributed by atoms with van der Waals surface area (Å²) in [6.45, 7) is 7.11. The van der Waals surface area contributed by atoms with E-state index in [1.165, 1.54) is 24.0 Å². The number of nitrogens with zero attached hydrogens (tertiary/aromatic N) is 3. The Bertz CT molecular complexity index is 716. The van der Waals surface area contributed by atoms with Crippen LogP contribution in [0.15, 0.2) is 28.6 Å². The zero-order valence-electron chi connectivity index (χ0n) is 14.4. The van der Waals surface area contributed by atoms with Crippen molar-refractivity contribution < 1.29 is 0 Å². The molecule has 1 aliphatic heterocycles. The number of guanidine groups is 1. The summed E-state index contributed by atoms with van der Waals surface area (Å²) in [5.74, 6) is 0.452. The minimum Gasteiger partial charge on any atom is -0.370 e. The van der Waals surface area contributed by atoms with Crippen LogP contribution in [0.5, 0.6) is 0 Å². The van der Waals surface area contributed by atoms with E-state index >= 15 is 0 Å². The Hall–Kier alpha value is -2.08. The van der Waals surface area contributed by atoms with E-state index in [1.54, 1.807) is 11.3 Å². The summed E-state index contributed by atoms with van der Waals surface area (Å²) in [4.78, 5) is 11.5. The van der Waals surface area contributed by atoms with Crippen LogP contribution >= 0.6 is 11.3 Å². The summed E-state index contributed by atoms with van der Waals surface area (Å²) in [5.41, 5.74) is 10.6. The molecule has 0 saturated carbocycles. The molecule has 1 aromatic carbocycles. The average Bonchev–Trinajstić information content (AvgIpc) is 3.22. The van der Waals surface area contributed by atoms with Gasteiger partial charge in [0.25, 0.3) is 0 Å². The largest absolute Gasteiger partial charge is 0.370 e. The van der Waals surface area contributed by atoms with E-state index in [0.29, 0.717) is 12.5 Å². The molecule has 0 unspecified atom stereocenters. The van der Waals surface area contributed by atoms with Crippen LogP contribution in [-0.2, 0) is 6.42 Å². The highest BCUT2D eigenvalue weighted by Crippen LogP contribution is 2.24. The number of aryl methyl sites for hydroxylation is 2. The van der Waals surface area contributed by atoms with Gasteiger partial charge in [-0.1, -0.05) is 6.07 Å². The third-order valence-corrected chi connectivity index (χ3v) is 5.30. The zero-order chi connectivity index (χ0) is 16.9. The summed E-state index contributed by atoms with van der Waals surface area (Å²) in [7, 11) is 0. The highest BCUT2D eigenvalue weighted by atomic mass is 32.1. The molecule has 6 heteroatoms. The van der Waals surface area contributed by atoms with Gasteiger partial charge in [-0.05, 0) is 49.9 Å². The van der Waals surface area contributed by atoms with Crippen molar-refractivity contribution in [2.75, 3.05) is 29.9 Å². The van der Waals surface area contributed by atoms with Crippen molar-refractivity contribution >= 4 is 28.1 Å². The van der Waals surface area contributed by atoms with Gasteiger partial charge in [-0.15, -0.1) is 11.3 Å². The van der Waals surface area contributed by atoms with Crippen LogP contribution in [0.25, 0.3) is 0 Å². The molecule has 2 heterocycles. The molecule has 1 aliphatic rings. The maximum atomic E-state index is 5.98. The lowest BCUT2D eigenvalue weighted by molar-refractivity contribution is 0.907. The fraction of sp³-hybridized carbons (Fsp3) is 0.444. The van der Waals surface area contributed by atoms with Gasteiger partial charge in [0, 0.05) is 37.1 Å². The Morgan fingerprint density at radius 2 is 2.08 bits per heavy atom. The molecule has 24 heavy (non-hydrogen) atoms. The van der Waals surface area contributed by atoms with Crippen molar-refractivity contribution in [1.29, 1.82) is 0 Å². The van der Waals surface area contributed by atoms with E-state index in [2.05, 4.69) is 46.6 Å². The lowest BCUT2D eigenvalue weighted by atomic mass is 10.1. The minimum absolute atomic E-state index is 0.452. The molecular weight excluding hydrogens is 318 g/mol. The normalized spacial score (nSPS) is 15.1. The molecule has 1 aromatic heterocycles. The van der Waals surface area contributed by atoms with E-state index in [-0.39, 0.29) is 0 Å². The predicted molar refractivity (Wildman–Crippen MR) is 103 cm³/mol. The molecule has 0 radical (unpaired) electrons. The number of rotatable bonds is 5. The van der Waals surface area contributed by atoms with Gasteiger partial charge in [-0.3, -0.25) is 4.99 Å². The maximum absolute atomic E-state index is 5.98. The first-order valence-corrected chi connectivity index (χ1v) is 9.33. The number of benzene rings is 1. The van der Waals surface area contributed by atoms with Crippen LogP contribution in [0.3, 0.4) is 0 Å². The van der Waals surface area contributed by atoms with Crippen molar-refractivity contribution in [2.24, 2.45) is 10.7 Å². The van der Waals surface area contributed by atoms with E-state index in [9.17, 15) is 0 Å². The zero-order valence-corrected chi connectivity index (χ0v) is 15.2. The highest BCUT2D eigenvalue weighted by molar-refractivity contribution is 7.13. The smallest absolute Gasteiger partial charge is 0.193 e. The Balaban J connectivity index is 1.50. The van der Waals surface area contributed by atoms with E-state index < -0.39 is 0 Å². The molecule has 1 fully saturated rings. The number of nitrogens with two attached hydrogens (primary N) is 1. The number of thiazole rings is 1. The van der Waals surface area contributed by atoms with Gasteiger partial charge in [-0.2, -0.15) is 0 Å². The fourth-order valence-electron chi connectivity index (χ4n) is 2.76. The second-order valence-corrected chi connectivity index (χ2v) is 7.09. The topological polar surface area (TPSA) is 66.5 Å². The van der Waals surface area contributed by atoms with Gasteiger partial charge in [0.05, 0.1) is 5.69 Å². The van der Waals surface area contributed by atoms with E-state index in [0.717, 1.165) is 36.0 Å². The van der Waals surface area contributed by atoms with Crippen molar-refractivity contribution in [3.05, 3.63) is 40.4 Å². The van der Waals surface area contributed by atoms with Gasteiger partial charge < -0.3 is 16.0 Å². The van der Waals surface area contributed by atoms with Crippen LogP contribution < -0.4 is 16.0 Å². The summed E-state index contributed by atoms with van der Waals surface area (Å²) in [6, 6.07) is 6.19. The highest BCUT2D eigenvalue weighted by Gasteiger charge is 2.15. The molecule has 0 atom stereocenters. The number of nitrogens with one attached hydrogen (secondary N) is 1. The summed E-state index contributed by atoms with van der Waals surface area (Å²) in [6.07, 6.45) is 3.37. The SMILES string of the molecule is Cc1ccc(NC(N)=NCCc2csc(N3CCCC3)n2)cc1C. The number of hydrogen-bond donors (Lipinski definition) is 2. The first-order chi connectivity index (χ1) is 11.6. The Kier molecular flexibility index (Phi) is 5.35. The third-order valence-electron chi connectivity index (χ3n) is 4.35.